The Kier molecular flexibility index (Phi) is 4.57. The molecule has 0 aliphatic heterocycles. The fraction of sp³-hybridized carbons (Fsp3) is 0.133. The Balaban J connectivity index is 2.57. The van der Waals surface area contributed by atoms with Crippen molar-refractivity contribution in [3.8, 4) is 11.5 Å². The van der Waals surface area contributed by atoms with E-state index in [4.69, 9.17) is 15.6 Å². The molecule has 0 fully saturated rings. The van der Waals surface area contributed by atoms with Crippen molar-refractivity contribution < 1.29 is 22.7 Å². The third-order valence-electron chi connectivity index (χ3n) is 3.05. The molecule has 0 aromatic heterocycles. The molecule has 7 nitrogen and oxygen atoms in total. The Labute approximate surface area is 133 Å². The molecule has 0 unspecified atom stereocenters. The van der Waals surface area contributed by atoms with Crippen LogP contribution in [0.2, 0.25) is 0 Å². The number of aryl methyl sites for hydroxylation is 1. The smallest absolute Gasteiger partial charge is 0.337 e. The highest BCUT2D eigenvalue weighted by Crippen LogP contribution is 2.35. The maximum absolute atomic E-state index is 11.8. The summed E-state index contributed by atoms with van der Waals surface area (Å²) in [6.45, 7) is 1.90. The summed E-state index contributed by atoms with van der Waals surface area (Å²) in [6.07, 6.45) is 0. The minimum Gasteiger partial charge on any atom is -0.465 e. The van der Waals surface area contributed by atoms with E-state index in [1.807, 2.05) is 6.92 Å². The topological polar surface area (TPSA) is 122 Å². The Morgan fingerprint density at radius 1 is 1.13 bits per heavy atom. The number of carbonyl (C=O) groups is 1. The highest BCUT2D eigenvalue weighted by Gasteiger charge is 2.22. The normalized spacial score (nSPS) is 11.1. The number of nitrogen functional groups attached to an aromatic ring is 1. The van der Waals surface area contributed by atoms with Crippen LogP contribution in [0.4, 0.5) is 5.69 Å². The number of methoxy groups -OCH3 is 1. The number of ether oxygens (including phenoxy) is 2. The lowest BCUT2D eigenvalue weighted by Crippen LogP contribution is -2.16. The van der Waals surface area contributed by atoms with Gasteiger partial charge in [0, 0.05) is 0 Å². The molecule has 4 N–H and O–H groups in total. The van der Waals surface area contributed by atoms with Crippen molar-refractivity contribution in [2.75, 3.05) is 12.8 Å². The van der Waals surface area contributed by atoms with Gasteiger partial charge in [-0.1, -0.05) is 17.7 Å². The molecule has 0 saturated heterocycles. The number of nitrogens with two attached hydrogens (primary N) is 2. The van der Waals surface area contributed by atoms with Gasteiger partial charge in [0.15, 0.2) is 5.75 Å². The van der Waals surface area contributed by atoms with Gasteiger partial charge in [0.1, 0.15) is 10.6 Å². The summed E-state index contributed by atoms with van der Waals surface area (Å²) in [6, 6.07) is 9.26. The molecule has 0 amide bonds. The van der Waals surface area contributed by atoms with Crippen LogP contribution in [0.3, 0.4) is 0 Å². The first-order valence-corrected chi connectivity index (χ1v) is 8.06. The Morgan fingerprint density at radius 3 is 2.26 bits per heavy atom. The maximum Gasteiger partial charge on any atom is 0.337 e. The molecule has 23 heavy (non-hydrogen) atoms. The Morgan fingerprint density at radius 2 is 1.74 bits per heavy atom. The van der Waals surface area contributed by atoms with Crippen LogP contribution in [0.5, 0.6) is 11.5 Å². The van der Waals surface area contributed by atoms with Crippen molar-refractivity contribution in [2.45, 2.75) is 11.8 Å². The molecule has 0 atom stereocenters. The van der Waals surface area contributed by atoms with Crippen LogP contribution in [0.25, 0.3) is 0 Å². The van der Waals surface area contributed by atoms with E-state index in [0.717, 1.165) is 11.6 Å². The number of carbonyl (C=O) groups excluding carboxylic acids is 1. The molecular formula is C15H16N2O5S. The fourth-order valence-electron chi connectivity index (χ4n) is 1.90. The molecule has 0 heterocycles. The van der Waals surface area contributed by atoms with Crippen LogP contribution in [-0.2, 0) is 14.8 Å². The van der Waals surface area contributed by atoms with E-state index in [-0.39, 0.29) is 17.0 Å². The van der Waals surface area contributed by atoms with Crippen LogP contribution < -0.4 is 15.6 Å². The number of esters is 1. The third kappa shape index (κ3) is 3.79. The van der Waals surface area contributed by atoms with E-state index in [2.05, 4.69) is 4.74 Å². The second-order valence-corrected chi connectivity index (χ2v) is 6.37. The first-order chi connectivity index (χ1) is 10.7. The fourth-order valence-corrected chi connectivity index (χ4v) is 2.61. The number of sulfonamides is 1. The first-order valence-electron chi connectivity index (χ1n) is 6.51. The molecule has 2 aromatic rings. The summed E-state index contributed by atoms with van der Waals surface area (Å²) in [5, 5.41) is 5.20. The van der Waals surface area contributed by atoms with Gasteiger partial charge < -0.3 is 15.2 Å². The molecule has 0 aliphatic rings. The van der Waals surface area contributed by atoms with Gasteiger partial charge in [-0.2, -0.15) is 0 Å². The van der Waals surface area contributed by atoms with Gasteiger partial charge in [-0.3, -0.25) is 0 Å². The molecule has 8 heteroatoms. The molecule has 0 saturated carbocycles. The lowest BCUT2D eigenvalue weighted by molar-refractivity contribution is 0.0600. The highest BCUT2D eigenvalue weighted by molar-refractivity contribution is 7.89. The van der Waals surface area contributed by atoms with Crippen molar-refractivity contribution >= 4 is 21.7 Å². The SMILES string of the molecule is COC(=O)c1cc(N)c(Oc2ccc(C)cc2)c(S(N)(=O)=O)c1. The molecule has 122 valence electrons. The minimum atomic E-state index is -4.16. The van der Waals surface area contributed by atoms with Crippen LogP contribution >= 0.6 is 0 Å². The number of primary sulfonamides is 1. The number of rotatable bonds is 4. The summed E-state index contributed by atoms with van der Waals surface area (Å²) in [7, 11) is -2.99. The molecule has 2 aromatic carbocycles. The van der Waals surface area contributed by atoms with Gasteiger partial charge in [-0.25, -0.2) is 18.4 Å². The monoisotopic (exact) mass is 336 g/mol. The van der Waals surface area contributed by atoms with Crippen LogP contribution in [0.1, 0.15) is 15.9 Å². The Bertz CT molecular complexity index is 845. The largest absolute Gasteiger partial charge is 0.465 e. The summed E-state index contributed by atoms with van der Waals surface area (Å²) >= 11 is 0. The van der Waals surface area contributed by atoms with Crippen LogP contribution in [0, 0.1) is 6.92 Å². The third-order valence-corrected chi connectivity index (χ3v) is 3.97. The predicted molar refractivity (Wildman–Crippen MR) is 84.8 cm³/mol. The van der Waals surface area contributed by atoms with Crippen molar-refractivity contribution in [1.29, 1.82) is 0 Å². The van der Waals surface area contributed by atoms with E-state index in [1.54, 1.807) is 24.3 Å². The van der Waals surface area contributed by atoms with Gasteiger partial charge in [0.2, 0.25) is 10.0 Å². The molecule has 0 aliphatic carbocycles. The number of hydrogen-bond donors (Lipinski definition) is 2. The standard InChI is InChI=1S/C15H16N2O5S/c1-9-3-5-11(6-4-9)22-14-12(16)7-10(15(18)21-2)8-13(14)23(17,19)20/h3-8H,16H2,1-2H3,(H2,17,19,20). The van der Waals surface area contributed by atoms with E-state index in [1.165, 1.54) is 13.2 Å². The summed E-state index contributed by atoms with van der Waals surface area (Å²) in [5.74, 6) is -0.481. The molecule has 0 spiro atoms. The maximum atomic E-state index is 11.8. The second-order valence-electron chi connectivity index (χ2n) is 4.84. The average molecular weight is 336 g/mol. The summed E-state index contributed by atoms with van der Waals surface area (Å²) in [5.41, 5.74) is 6.77. The van der Waals surface area contributed by atoms with Crippen LogP contribution in [0.15, 0.2) is 41.3 Å². The molecule has 0 bridgehead atoms. The number of hydrogen-bond acceptors (Lipinski definition) is 6. The molecule has 2 rings (SSSR count). The number of anilines is 1. The highest BCUT2D eigenvalue weighted by atomic mass is 32.2. The molecular weight excluding hydrogens is 320 g/mol. The average Bonchev–Trinajstić information content (AvgIpc) is 2.49. The lowest BCUT2D eigenvalue weighted by Gasteiger charge is -2.14. The van der Waals surface area contributed by atoms with Gasteiger partial charge in [0.05, 0.1) is 18.4 Å². The zero-order valence-electron chi connectivity index (χ0n) is 12.6. The van der Waals surface area contributed by atoms with Crippen LogP contribution in [-0.4, -0.2) is 21.5 Å². The van der Waals surface area contributed by atoms with Crippen molar-refractivity contribution in [3.05, 3.63) is 47.5 Å². The predicted octanol–water partition coefficient (Wildman–Crippen LogP) is 1.80. The van der Waals surface area contributed by atoms with E-state index < -0.39 is 20.9 Å². The Hall–Kier alpha value is -2.58. The first kappa shape index (κ1) is 16.8. The van der Waals surface area contributed by atoms with Crippen molar-refractivity contribution in [2.24, 2.45) is 5.14 Å². The van der Waals surface area contributed by atoms with Gasteiger partial charge in [0.25, 0.3) is 0 Å². The minimum absolute atomic E-state index is 0.0368. The van der Waals surface area contributed by atoms with Gasteiger partial charge in [-0.05, 0) is 31.2 Å². The van der Waals surface area contributed by atoms with Gasteiger partial charge in [-0.15, -0.1) is 0 Å². The van der Waals surface area contributed by atoms with Crippen molar-refractivity contribution in [1.82, 2.24) is 0 Å². The summed E-state index contributed by atoms with van der Waals surface area (Å²) < 4.78 is 33.7. The number of benzene rings is 2. The van der Waals surface area contributed by atoms with Crippen molar-refractivity contribution in [3.63, 3.8) is 0 Å². The summed E-state index contributed by atoms with van der Waals surface area (Å²) in [4.78, 5) is 11.2. The van der Waals surface area contributed by atoms with E-state index in [0.29, 0.717) is 5.75 Å². The van der Waals surface area contributed by atoms with Gasteiger partial charge >= 0.3 is 5.97 Å². The zero-order valence-corrected chi connectivity index (χ0v) is 13.4. The lowest BCUT2D eigenvalue weighted by atomic mass is 10.2. The van der Waals surface area contributed by atoms with E-state index >= 15 is 0 Å². The zero-order chi connectivity index (χ0) is 17.2. The molecule has 0 radical (unpaired) electrons. The quantitative estimate of drug-likeness (QED) is 0.648. The van der Waals surface area contributed by atoms with E-state index in [9.17, 15) is 13.2 Å². The second kappa shape index (κ2) is 6.27.